The summed E-state index contributed by atoms with van der Waals surface area (Å²) >= 11 is 0. The first-order valence-corrected chi connectivity index (χ1v) is 9.59. The van der Waals surface area contributed by atoms with Crippen molar-refractivity contribution in [2.45, 2.75) is 45.1 Å². The fraction of sp³-hybridized carbons (Fsp3) is 0.364. The Hall–Kier alpha value is -3.40. The van der Waals surface area contributed by atoms with E-state index in [1.165, 1.54) is 12.1 Å². The zero-order valence-electron chi connectivity index (χ0n) is 16.8. The summed E-state index contributed by atoms with van der Waals surface area (Å²) < 4.78 is 5.18. The molecule has 1 aliphatic heterocycles. The van der Waals surface area contributed by atoms with Crippen LogP contribution in [0.5, 0.6) is 5.75 Å². The van der Waals surface area contributed by atoms with Crippen LogP contribution in [0.3, 0.4) is 0 Å². The molecule has 1 atom stereocenters. The van der Waals surface area contributed by atoms with E-state index in [9.17, 15) is 20.2 Å². The van der Waals surface area contributed by atoms with Gasteiger partial charge >= 0.3 is 0 Å². The molecule has 1 amide bonds. The highest BCUT2D eigenvalue weighted by Crippen LogP contribution is 2.50. The van der Waals surface area contributed by atoms with Crippen LogP contribution in [0, 0.1) is 21.4 Å². The fourth-order valence-corrected chi connectivity index (χ4v) is 4.19. The third-order valence-corrected chi connectivity index (χ3v) is 5.65. The highest BCUT2D eigenvalue weighted by atomic mass is 16.6. The summed E-state index contributed by atoms with van der Waals surface area (Å²) in [6.45, 7) is 4.19. The Morgan fingerprint density at radius 3 is 2.45 bits per heavy atom. The van der Waals surface area contributed by atoms with Crippen molar-refractivity contribution in [1.82, 2.24) is 0 Å². The summed E-state index contributed by atoms with van der Waals surface area (Å²) in [6, 6.07) is 12.2. The van der Waals surface area contributed by atoms with Gasteiger partial charge in [0, 0.05) is 12.1 Å². The molecular formula is C22H23N3O4. The van der Waals surface area contributed by atoms with Crippen molar-refractivity contribution in [3.63, 3.8) is 0 Å². The van der Waals surface area contributed by atoms with Crippen LogP contribution in [0.2, 0.25) is 0 Å². The number of benzene rings is 2. The van der Waals surface area contributed by atoms with Crippen LogP contribution in [0.25, 0.3) is 0 Å². The summed E-state index contributed by atoms with van der Waals surface area (Å²) in [6.07, 6.45) is 1.83. The Balaban J connectivity index is 2.18. The molecule has 29 heavy (non-hydrogen) atoms. The molecule has 0 saturated heterocycles. The number of hydrogen-bond donors (Lipinski definition) is 0. The van der Waals surface area contributed by atoms with Gasteiger partial charge in [-0.2, -0.15) is 5.26 Å². The zero-order valence-corrected chi connectivity index (χ0v) is 16.8. The number of fused-ring (bicyclic) bond motifs is 1. The number of hydrogen-bond acceptors (Lipinski definition) is 5. The molecule has 0 saturated carbocycles. The maximum Gasteiger partial charge on any atom is 0.271 e. The monoisotopic (exact) mass is 393 g/mol. The number of carbonyl (C=O) groups excluding carboxylic acids is 1. The maximum absolute atomic E-state index is 13.6. The van der Waals surface area contributed by atoms with Crippen molar-refractivity contribution < 1.29 is 14.5 Å². The molecule has 7 heteroatoms. The normalized spacial score (nSPS) is 17.7. The number of anilines is 1. The number of nitro benzene ring substituents is 1. The second kappa shape index (κ2) is 7.92. The van der Waals surface area contributed by atoms with E-state index < -0.39 is 10.3 Å². The highest BCUT2D eigenvalue weighted by molar-refractivity contribution is 6.09. The van der Waals surface area contributed by atoms with E-state index >= 15 is 0 Å². The third-order valence-electron chi connectivity index (χ3n) is 5.65. The molecule has 0 fully saturated rings. The molecule has 0 aliphatic carbocycles. The molecule has 0 N–H and O–H groups in total. The van der Waals surface area contributed by atoms with Gasteiger partial charge in [-0.3, -0.25) is 14.9 Å². The first-order chi connectivity index (χ1) is 13.9. The lowest BCUT2D eigenvalue weighted by molar-refractivity contribution is -0.384. The van der Waals surface area contributed by atoms with Gasteiger partial charge in [0.25, 0.3) is 5.69 Å². The van der Waals surface area contributed by atoms with Crippen molar-refractivity contribution in [1.29, 1.82) is 5.26 Å². The van der Waals surface area contributed by atoms with Gasteiger partial charge in [-0.15, -0.1) is 0 Å². The lowest BCUT2D eigenvalue weighted by atomic mass is 9.75. The number of amides is 1. The van der Waals surface area contributed by atoms with Crippen LogP contribution in [0.15, 0.2) is 36.4 Å². The first kappa shape index (κ1) is 20.3. The van der Waals surface area contributed by atoms with E-state index in [4.69, 9.17) is 4.74 Å². The van der Waals surface area contributed by atoms with Gasteiger partial charge in [-0.05, 0) is 36.1 Å². The Bertz CT molecular complexity index is 994. The van der Waals surface area contributed by atoms with Crippen LogP contribution in [0.4, 0.5) is 11.4 Å². The number of non-ortho nitro benzene ring substituents is 1. The number of nitriles is 1. The molecule has 0 bridgehead atoms. The summed E-state index contributed by atoms with van der Waals surface area (Å²) in [4.78, 5) is 26.1. The molecular weight excluding hydrogens is 370 g/mol. The summed E-state index contributed by atoms with van der Waals surface area (Å²) in [5.41, 5.74) is 1.11. The minimum absolute atomic E-state index is 0.107. The number of carbonyl (C=O) groups is 1. The smallest absolute Gasteiger partial charge is 0.271 e. The van der Waals surface area contributed by atoms with Gasteiger partial charge in [0.05, 0.1) is 35.2 Å². The first-order valence-electron chi connectivity index (χ1n) is 9.59. The van der Waals surface area contributed by atoms with Crippen molar-refractivity contribution in [3.8, 4) is 11.8 Å². The van der Waals surface area contributed by atoms with Gasteiger partial charge in [-0.1, -0.05) is 32.4 Å². The molecule has 0 spiro atoms. The molecule has 0 aromatic heterocycles. The van der Waals surface area contributed by atoms with E-state index in [0.29, 0.717) is 29.8 Å². The Labute approximate surface area is 169 Å². The predicted molar refractivity (Wildman–Crippen MR) is 109 cm³/mol. The van der Waals surface area contributed by atoms with Crippen LogP contribution in [-0.4, -0.2) is 17.9 Å². The minimum atomic E-state index is -0.853. The topological polar surface area (TPSA) is 96.5 Å². The van der Waals surface area contributed by atoms with E-state index in [0.717, 1.165) is 12.0 Å². The van der Waals surface area contributed by atoms with Gasteiger partial charge in [0.1, 0.15) is 11.8 Å². The largest absolute Gasteiger partial charge is 0.497 e. The second-order valence-electron chi connectivity index (χ2n) is 7.18. The van der Waals surface area contributed by atoms with Gasteiger partial charge in [0.2, 0.25) is 5.91 Å². The molecule has 2 aromatic rings. The average Bonchev–Trinajstić information content (AvgIpc) is 2.96. The number of rotatable bonds is 7. The van der Waals surface area contributed by atoms with Crippen molar-refractivity contribution >= 4 is 17.3 Å². The molecule has 7 nitrogen and oxygen atoms in total. The van der Waals surface area contributed by atoms with Crippen LogP contribution < -0.4 is 9.64 Å². The Morgan fingerprint density at radius 1 is 1.24 bits per heavy atom. The van der Waals surface area contributed by atoms with Crippen molar-refractivity contribution in [2.75, 3.05) is 12.0 Å². The molecule has 2 aromatic carbocycles. The van der Waals surface area contributed by atoms with E-state index in [2.05, 4.69) is 6.07 Å². The molecule has 1 aliphatic rings. The quantitative estimate of drug-likeness (QED) is 0.511. The number of nitrogens with zero attached hydrogens (tertiary/aromatic N) is 3. The third kappa shape index (κ3) is 3.31. The standard InChI is InChI=1S/C22H23N3O4/c1-4-10-22(5-2)19-12-17(25(27)28)11-16(13-23)20(19)24(21(22)26)14-15-6-8-18(29-3)9-7-15/h6-9,11-12H,4-5,10,14H2,1-3H3. The zero-order chi connectivity index (χ0) is 21.2. The lowest BCUT2D eigenvalue weighted by Gasteiger charge is -2.27. The predicted octanol–water partition coefficient (Wildman–Crippen LogP) is 4.47. The van der Waals surface area contributed by atoms with Crippen molar-refractivity contribution in [3.05, 3.63) is 63.2 Å². The molecule has 1 unspecified atom stereocenters. The average molecular weight is 393 g/mol. The number of ether oxygens (including phenoxy) is 1. The number of methoxy groups -OCH3 is 1. The summed E-state index contributed by atoms with van der Waals surface area (Å²) in [5, 5.41) is 21.1. The van der Waals surface area contributed by atoms with E-state index in [1.807, 2.05) is 38.1 Å². The molecule has 1 heterocycles. The van der Waals surface area contributed by atoms with Crippen LogP contribution >= 0.6 is 0 Å². The highest BCUT2D eigenvalue weighted by Gasteiger charge is 2.50. The molecule has 0 radical (unpaired) electrons. The van der Waals surface area contributed by atoms with Crippen LogP contribution in [0.1, 0.15) is 49.8 Å². The Morgan fingerprint density at radius 2 is 1.93 bits per heavy atom. The minimum Gasteiger partial charge on any atom is -0.497 e. The fourth-order valence-electron chi connectivity index (χ4n) is 4.19. The van der Waals surface area contributed by atoms with E-state index in [-0.39, 0.29) is 23.7 Å². The number of nitro groups is 1. The summed E-state index contributed by atoms with van der Waals surface area (Å²) in [5.74, 6) is 0.605. The molecule has 150 valence electrons. The maximum atomic E-state index is 13.6. The Kier molecular flexibility index (Phi) is 5.55. The van der Waals surface area contributed by atoms with Crippen LogP contribution in [-0.2, 0) is 16.8 Å². The lowest BCUT2D eigenvalue weighted by Crippen LogP contribution is -2.39. The second-order valence-corrected chi connectivity index (χ2v) is 7.18. The van der Waals surface area contributed by atoms with Gasteiger partial charge < -0.3 is 9.64 Å². The van der Waals surface area contributed by atoms with Gasteiger partial charge in [0.15, 0.2) is 0 Å². The van der Waals surface area contributed by atoms with Gasteiger partial charge in [-0.25, -0.2) is 0 Å². The molecule has 3 rings (SSSR count). The SMILES string of the molecule is CCCC1(CC)C(=O)N(Cc2ccc(OC)cc2)c2c(C#N)cc([N+](=O)[O-])cc21. The van der Waals surface area contributed by atoms with Crippen molar-refractivity contribution in [2.24, 2.45) is 0 Å². The summed E-state index contributed by atoms with van der Waals surface area (Å²) in [7, 11) is 1.59. The van der Waals surface area contributed by atoms with E-state index in [1.54, 1.807) is 12.0 Å².